The maximum absolute atomic E-state index is 10.2. The Morgan fingerprint density at radius 1 is 0.946 bits per heavy atom. The molecule has 0 aromatic heterocycles. The highest BCUT2D eigenvalue weighted by molar-refractivity contribution is 5.80. The van der Waals surface area contributed by atoms with Crippen LogP contribution in [0.4, 0.5) is 0 Å². The third-order valence-corrected chi connectivity index (χ3v) is 5.68. The van der Waals surface area contributed by atoms with E-state index in [0.717, 1.165) is 35.1 Å². The lowest BCUT2D eigenvalue weighted by Gasteiger charge is -2.15. The molecule has 5 heteroatoms. The van der Waals surface area contributed by atoms with Gasteiger partial charge in [-0.2, -0.15) is 0 Å². The molecule has 1 atom stereocenters. The molecule has 0 fully saturated rings. The van der Waals surface area contributed by atoms with Crippen molar-refractivity contribution in [2.45, 2.75) is 61.0 Å². The van der Waals surface area contributed by atoms with E-state index in [2.05, 4.69) is 32.9 Å². The molecule has 0 radical (unpaired) electrons. The Morgan fingerprint density at radius 3 is 2.11 bits per heavy atom. The number of aliphatic hydroxyl groups excluding tert-OH is 2. The highest BCUT2D eigenvalue weighted by atomic mass is 16.5. The van der Waals surface area contributed by atoms with Crippen LogP contribution in [0.2, 0.25) is 0 Å². The van der Waals surface area contributed by atoms with Gasteiger partial charge >= 0.3 is 0 Å². The Morgan fingerprint density at radius 2 is 1.59 bits per heavy atom. The Hall–Kier alpha value is -3.44. The summed E-state index contributed by atoms with van der Waals surface area (Å²) in [4.78, 5) is 0. The molecule has 2 aromatic rings. The summed E-state index contributed by atoms with van der Waals surface area (Å²) < 4.78 is 11.1. The van der Waals surface area contributed by atoms with Crippen LogP contribution in [-0.4, -0.2) is 29.5 Å². The fourth-order valence-electron chi connectivity index (χ4n) is 3.82. The van der Waals surface area contributed by atoms with Crippen LogP contribution in [0.15, 0.2) is 77.5 Å². The van der Waals surface area contributed by atoms with Crippen LogP contribution < -0.4 is 0 Å². The van der Waals surface area contributed by atoms with Gasteiger partial charge in [0, 0.05) is 5.57 Å². The van der Waals surface area contributed by atoms with Gasteiger partial charge in [0.25, 0.3) is 0 Å². The molecule has 202 valence electrons. The molecule has 0 saturated carbocycles. The predicted molar refractivity (Wildman–Crippen MR) is 154 cm³/mol. The summed E-state index contributed by atoms with van der Waals surface area (Å²) >= 11 is 0. The molecule has 1 unspecified atom stereocenters. The highest BCUT2D eigenvalue weighted by Crippen LogP contribution is 2.29. The van der Waals surface area contributed by atoms with Crippen LogP contribution in [-0.2, 0) is 22.5 Å². The number of aromatic hydroxyl groups is 1. The van der Waals surface area contributed by atoms with Crippen molar-refractivity contribution < 1.29 is 24.8 Å². The van der Waals surface area contributed by atoms with E-state index in [1.165, 1.54) is 12.7 Å². The average molecular weight is 509 g/mol. The third-order valence-electron chi connectivity index (χ3n) is 5.68. The quantitative estimate of drug-likeness (QED) is 0.163. The molecule has 0 aliphatic heterocycles. The van der Waals surface area contributed by atoms with Gasteiger partial charge in [-0.3, -0.25) is 0 Å². The molecule has 0 bridgehead atoms. The lowest BCUT2D eigenvalue weighted by molar-refractivity contribution is 0.272. The van der Waals surface area contributed by atoms with Gasteiger partial charge in [-0.05, 0) is 92.1 Å². The summed E-state index contributed by atoms with van der Waals surface area (Å²) in [5.74, 6) is 1.48. The van der Waals surface area contributed by atoms with E-state index >= 15 is 0 Å². The van der Waals surface area contributed by atoms with Crippen LogP contribution >= 0.6 is 0 Å². The van der Waals surface area contributed by atoms with Crippen LogP contribution in [0.25, 0.3) is 11.6 Å². The minimum absolute atomic E-state index is 0.0245. The van der Waals surface area contributed by atoms with Crippen molar-refractivity contribution in [3.63, 3.8) is 0 Å². The van der Waals surface area contributed by atoms with Gasteiger partial charge in [0.2, 0.25) is 0 Å². The molecule has 5 nitrogen and oxygen atoms in total. The Kier molecular flexibility index (Phi) is 13.9. The van der Waals surface area contributed by atoms with E-state index in [1.54, 1.807) is 44.4 Å². The highest BCUT2D eigenvalue weighted by Gasteiger charge is 2.14. The van der Waals surface area contributed by atoms with Crippen LogP contribution in [0.5, 0.6) is 5.75 Å². The summed E-state index contributed by atoms with van der Waals surface area (Å²) in [6.07, 6.45) is 7.80. The third kappa shape index (κ3) is 10.2. The van der Waals surface area contributed by atoms with Crippen LogP contribution in [0, 0.1) is 5.92 Å². The van der Waals surface area contributed by atoms with E-state index in [-0.39, 0.29) is 18.1 Å². The monoisotopic (exact) mass is 508 g/mol. The molecule has 2 rings (SSSR count). The number of allylic oxidation sites excluding steroid dienone is 5. The smallest absolute Gasteiger partial charge is 0.163 e. The predicted octanol–water partition coefficient (Wildman–Crippen LogP) is 7.95. The minimum atomic E-state index is -0.0381. The minimum Gasteiger partial charge on any atom is -0.509 e. The van der Waals surface area contributed by atoms with Gasteiger partial charge in [-0.15, -0.1) is 0 Å². The van der Waals surface area contributed by atoms with Crippen molar-refractivity contribution in [2.75, 3.05) is 14.2 Å². The largest absolute Gasteiger partial charge is 0.509 e. The fraction of sp³-hybridized carbons (Fsp3) is 0.375. The van der Waals surface area contributed by atoms with Crippen molar-refractivity contribution in [1.82, 2.24) is 0 Å². The first-order valence-electron chi connectivity index (χ1n) is 12.8. The zero-order valence-corrected chi connectivity index (χ0v) is 23.6. The first kappa shape index (κ1) is 31.6. The van der Waals surface area contributed by atoms with Gasteiger partial charge in [-0.25, -0.2) is 0 Å². The Bertz CT molecular complexity index is 1100. The number of methoxy groups -OCH3 is 2. The van der Waals surface area contributed by atoms with E-state index < -0.39 is 0 Å². The normalized spacial score (nSPS) is 13.1. The number of aliphatic hydroxyl groups is 2. The first-order chi connectivity index (χ1) is 17.7. The second-order valence-electron chi connectivity index (χ2n) is 8.99. The molecule has 0 spiro atoms. The lowest BCUT2D eigenvalue weighted by atomic mass is 9.93. The van der Waals surface area contributed by atoms with Crippen LogP contribution in [0.1, 0.15) is 70.2 Å². The first-order valence-corrected chi connectivity index (χ1v) is 12.8. The molecular formula is C32H44O5. The number of hydrogen-bond acceptors (Lipinski definition) is 5. The summed E-state index contributed by atoms with van der Waals surface area (Å²) in [6, 6.07) is 12.7. The van der Waals surface area contributed by atoms with E-state index in [4.69, 9.17) is 9.47 Å². The van der Waals surface area contributed by atoms with E-state index in [0.29, 0.717) is 23.0 Å². The molecular weight excluding hydrogens is 464 g/mol. The molecule has 3 N–H and O–H groups in total. The zero-order valence-electron chi connectivity index (χ0n) is 23.6. The van der Waals surface area contributed by atoms with Gasteiger partial charge in [0.15, 0.2) is 5.76 Å². The van der Waals surface area contributed by atoms with E-state index in [9.17, 15) is 15.3 Å². The van der Waals surface area contributed by atoms with Crippen molar-refractivity contribution in [3.8, 4) is 5.75 Å². The molecule has 0 aliphatic rings. The van der Waals surface area contributed by atoms with Crippen LogP contribution in [0.3, 0.4) is 0 Å². The van der Waals surface area contributed by atoms with Gasteiger partial charge in [0.05, 0.1) is 20.8 Å². The topological polar surface area (TPSA) is 79.2 Å². The fourth-order valence-corrected chi connectivity index (χ4v) is 3.82. The number of phenolic OH excluding ortho intramolecular Hbond substituents is 1. The number of benzene rings is 2. The average Bonchev–Trinajstić information content (AvgIpc) is 2.89. The van der Waals surface area contributed by atoms with E-state index in [1.807, 2.05) is 32.1 Å². The second kappa shape index (κ2) is 16.3. The van der Waals surface area contributed by atoms with Crippen molar-refractivity contribution in [2.24, 2.45) is 5.92 Å². The number of hydrogen-bond donors (Lipinski definition) is 3. The summed E-state index contributed by atoms with van der Waals surface area (Å²) in [7, 11) is 3.06. The van der Waals surface area contributed by atoms with Crippen molar-refractivity contribution in [3.05, 3.63) is 99.7 Å². The van der Waals surface area contributed by atoms with Gasteiger partial charge < -0.3 is 24.8 Å². The van der Waals surface area contributed by atoms with Gasteiger partial charge in [0.1, 0.15) is 17.3 Å². The second-order valence-corrected chi connectivity index (χ2v) is 8.99. The van der Waals surface area contributed by atoms with Crippen molar-refractivity contribution in [1.29, 1.82) is 0 Å². The van der Waals surface area contributed by atoms with Crippen molar-refractivity contribution >= 4 is 11.6 Å². The summed E-state index contributed by atoms with van der Waals surface area (Å²) in [5, 5.41) is 29.9. The lowest BCUT2D eigenvalue weighted by Crippen LogP contribution is -2.03. The molecule has 0 heterocycles. The Balaban J connectivity index is 0.00000334. The van der Waals surface area contributed by atoms with Gasteiger partial charge in [-0.1, -0.05) is 56.7 Å². The maximum atomic E-state index is 10.2. The standard InChI is InChI=1S/C30H38O5.C2H6/c1-20(2)7-8-21(3)15-25-10-9-23(16-26(25)19-31)17-28(34-5)18-29(30(35-6)22(4)32)24-11-13-27(33)14-12-24;1-2/h7,9-14,16-18,21,31-33H,8,15,19H2,1-6H3;1-2H3/b28-17-,29-18-,30-22-;. The molecule has 2 aromatic carbocycles. The number of ether oxygens (including phenoxy) is 2. The molecule has 0 aliphatic carbocycles. The SMILES string of the molecule is CC.COC(=C\c1ccc(CC(C)CC=C(C)C)c(CO)c1)/C=C(\C(OC)=C(/C)O)c1ccc(O)cc1. The number of rotatable bonds is 11. The maximum Gasteiger partial charge on any atom is 0.163 e. The summed E-state index contributed by atoms with van der Waals surface area (Å²) in [6.45, 7) is 11.9. The molecule has 0 amide bonds. The Labute approximate surface area is 223 Å². The zero-order chi connectivity index (χ0) is 28.0. The molecule has 37 heavy (non-hydrogen) atoms. The number of phenols is 1. The molecule has 0 saturated heterocycles. The summed E-state index contributed by atoms with van der Waals surface area (Å²) in [5.41, 5.74) is 5.58.